The van der Waals surface area contributed by atoms with Gasteiger partial charge in [-0.2, -0.15) is 0 Å². The van der Waals surface area contributed by atoms with Gasteiger partial charge in [-0.3, -0.25) is 0 Å². The topological polar surface area (TPSA) is 37.9 Å². The maximum atomic E-state index is 6.04. The first-order valence-corrected chi connectivity index (χ1v) is 8.01. The van der Waals surface area contributed by atoms with Crippen molar-refractivity contribution in [1.29, 1.82) is 0 Å². The standard InChI is InChI=1S/C18H17ClN2O/c19-15-6-7-16-17(10-15)21-18(20-16)13-4-1-3-12(9-13)14-5-2-8-22-11-14/h1,3-4,6-7,9-10,14H,2,5,8,11H2,(H,20,21). The van der Waals surface area contributed by atoms with E-state index >= 15 is 0 Å². The average molecular weight is 313 g/mol. The Morgan fingerprint density at radius 2 is 2.14 bits per heavy atom. The lowest BCUT2D eigenvalue weighted by molar-refractivity contribution is 0.0804. The minimum Gasteiger partial charge on any atom is -0.381 e. The molecule has 0 radical (unpaired) electrons. The summed E-state index contributed by atoms with van der Waals surface area (Å²) in [6.45, 7) is 1.71. The summed E-state index contributed by atoms with van der Waals surface area (Å²) in [7, 11) is 0. The quantitative estimate of drug-likeness (QED) is 0.739. The predicted molar refractivity (Wildman–Crippen MR) is 89.3 cm³/mol. The Kier molecular flexibility index (Phi) is 3.60. The van der Waals surface area contributed by atoms with E-state index in [2.05, 4.69) is 34.2 Å². The zero-order valence-electron chi connectivity index (χ0n) is 12.2. The lowest BCUT2D eigenvalue weighted by Crippen LogP contribution is -2.15. The number of fused-ring (bicyclic) bond motifs is 1. The van der Waals surface area contributed by atoms with Crippen molar-refractivity contribution >= 4 is 22.6 Å². The monoisotopic (exact) mass is 312 g/mol. The Labute approximate surface area is 134 Å². The van der Waals surface area contributed by atoms with Crippen molar-refractivity contribution in [2.75, 3.05) is 13.2 Å². The zero-order chi connectivity index (χ0) is 14.9. The molecule has 3 nitrogen and oxygen atoms in total. The van der Waals surface area contributed by atoms with Gasteiger partial charge in [0.15, 0.2) is 0 Å². The number of aromatic amines is 1. The van der Waals surface area contributed by atoms with Gasteiger partial charge in [0.2, 0.25) is 0 Å². The summed E-state index contributed by atoms with van der Waals surface area (Å²) < 4.78 is 5.61. The molecule has 0 spiro atoms. The number of hydrogen-bond donors (Lipinski definition) is 1. The lowest BCUT2D eigenvalue weighted by Gasteiger charge is -2.22. The van der Waals surface area contributed by atoms with E-state index in [0.717, 1.165) is 47.1 Å². The molecule has 4 rings (SSSR count). The van der Waals surface area contributed by atoms with Gasteiger partial charge in [-0.15, -0.1) is 0 Å². The van der Waals surface area contributed by atoms with Crippen molar-refractivity contribution in [2.24, 2.45) is 0 Å². The van der Waals surface area contributed by atoms with Crippen LogP contribution in [0, 0.1) is 0 Å². The van der Waals surface area contributed by atoms with Crippen molar-refractivity contribution in [3.05, 3.63) is 53.1 Å². The van der Waals surface area contributed by atoms with Gasteiger partial charge in [0.1, 0.15) is 5.82 Å². The fourth-order valence-electron chi connectivity index (χ4n) is 3.06. The van der Waals surface area contributed by atoms with E-state index in [0.29, 0.717) is 5.92 Å². The second-order valence-electron chi connectivity index (χ2n) is 5.79. The van der Waals surface area contributed by atoms with Crippen molar-refractivity contribution in [3.63, 3.8) is 0 Å². The van der Waals surface area contributed by atoms with Crippen molar-refractivity contribution < 1.29 is 4.74 Å². The molecule has 1 N–H and O–H groups in total. The molecule has 1 saturated heterocycles. The Balaban J connectivity index is 1.71. The second-order valence-corrected chi connectivity index (χ2v) is 6.22. The highest BCUT2D eigenvalue weighted by molar-refractivity contribution is 6.31. The molecular formula is C18H17ClN2O. The number of imidazole rings is 1. The average Bonchev–Trinajstić information content (AvgIpc) is 2.99. The summed E-state index contributed by atoms with van der Waals surface area (Å²) >= 11 is 6.04. The number of H-pyrrole nitrogens is 1. The molecule has 1 unspecified atom stereocenters. The van der Waals surface area contributed by atoms with Crippen molar-refractivity contribution in [1.82, 2.24) is 9.97 Å². The normalized spacial score (nSPS) is 18.7. The molecule has 2 heterocycles. The Morgan fingerprint density at radius 3 is 3.00 bits per heavy atom. The molecule has 1 fully saturated rings. The smallest absolute Gasteiger partial charge is 0.138 e. The highest BCUT2D eigenvalue weighted by Crippen LogP contribution is 2.29. The summed E-state index contributed by atoms with van der Waals surface area (Å²) in [5.74, 6) is 1.38. The molecule has 0 aliphatic carbocycles. The Morgan fingerprint density at radius 1 is 1.18 bits per heavy atom. The number of rotatable bonds is 2. The van der Waals surface area contributed by atoms with Crippen LogP contribution in [0.4, 0.5) is 0 Å². The van der Waals surface area contributed by atoms with E-state index < -0.39 is 0 Å². The van der Waals surface area contributed by atoms with E-state index in [1.54, 1.807) is 0 Å². The van der Waals surface area contributed by atoms with E-state index in [9.17, 15) is 0 Å². The number of aromatic nitrogens is 2. The first-order chi connectivity index (χ1) is 10.8. The van der Waals surface area contributed by atoms with Crippen LogP contribution in [0.3, 0.4) is 0 Å². The van der Waals surface area contributed by atoms with E-state index in [1.807, 2.05) is 18.2 Å². The van der Waals surface area contributed by atoms with Crippen LogP contribution >= 0.6 is 11.6 Å². The summed E-state index contributed by atoms with van der Waals surface area (Å²) in [4.78, 5) is 8.02. The molecule has 1 aliphatic heterocycles. The van der Waals surface area contributed by atoms with Crippen LogP contribution in [0.25, 0.3) is 22.4 Å². The zero-order valence-corrected chi connectivity index (χ0v) is 12.9. The van der Waals surface area contributed by atoms with Gasteiger partial charge in [0.25, 0.3) is 0 Å². The van der Waals surface area contributed by atoms with E-state index in [1.165, 1.54) is 12.0 Å². The van der Waals surface area contributed by atoms with Gasteiger partial charge in [-0.1, -0.05) is 29.8 Å². The van der Waals surface area contributed by atoms with Crippen LogP contribution in [-0.2, 0) is 4.74 Å². The second kappa shape index (κ2) is 5.75. The molecule has 22 heavy (non-hydrogen) atoms. The fraction of sp³-hybridized carbons (Fsp3) is 0.278. The lowest BCUT2D eigenvalue weighted by atomic mass is 9.92. The van der Waals surface area contributed by atoms with Crippen molar-refractivity contribution in [2.45, 2.75) is 18.8 Å². The molecule has 112 valence electrons. The van der Waals surface area contributed by atoms with Crippen LogP contribution < -0.4 is 0 Å². The molecule has 0 saturated carbocycles. The van der Waals surface area contributed by atoms with Crippen LogP contribution in [0.1, 0.15) is 24.3 Å². The minimum absolute atomic E-state index is 0.493. The predicted octanol–water partition coefficient (Wildman–Crippen LogP) is 4.78. The molecule has 2 aromatic carbocycles. The first kappa shape index (κ1) is 13.8. The SMILES string of the molecule is Clc1ccc2nc(-c3cccc(C4CCCOC4)c3)[nH]c2c1. The fourth-order valence-corrected chi connectivity index (χ4v) is 3.23. The molecule has 1 aromatic heterocycles. The summed E-state index contributed by atoms with van der Waals surface area (Å²) in [5.41, 5.74) is 4.34. The van der Waals surface area contributed by atoms with Gasteiger partial charge < -0.3 is 9.72 Å². The largest absolute Gasteiger partial charge is 0.381 e. The number of nitrogens with zero attached hydrogens (tertiary/aromatic N) is 1. The van der Waals surface area contributed by atoms with E-state index in [4.69, 9.17) is 16.3 Å². The highest BCUT2D eigenvalue weighted by atomic mass is 35.5. The summed E-state index contributed by atoms with van der Waals surface area (Å²) in [6, 6.07) is 14.3. The Bertz CT molecular complexity index is 806. The molecule has 3 aromatic rings. The van der Waals surface area contributed by atoms with E-state index in [-0.39, 0.29) is 0 Å². The number of halogens is 1. The third kappa shape index (κ3) is 2.62. The van der Waals surface area contributed by atoms with Crippen LogP contribution in [-0.4, -0.2) is 23.2 Å². The van der Waals surface area contributed by atoms with Gasteiger partial charge in [0.05, 0.1) is 17.6 Å². The van der Waals surface area contributed by atoms with Crippen molar-refractivity contribution in [3.8, 4) is 11.4 Å². The van der Waals surface area contributed by atoms with Gasteiger partial charge in [0, 0.05) is 23.1 Å². The minimum atomic E-state index is 0.493. The van der Waals surface area contributed by atoms with Gasteiger partial charge in [-0.25, -0.2) is 4.98 Å². The molecule has 4 heteroatoms. The van der Waals surface area contributed by atoms with Crippen LogP contribution in [0.5, 0.6) is 0 Å². The first-order valence-electron chi connectivity index (χ1n) is 7.63. The van der Waals surface area contributed by atoms with Crippen LogP contribution in [0.2, 0.25) is 5.02 Å². The third-order valence-electron chi connectivity index (χ3n) is 4.24. The third-order valence-corrected chi connectivity index (χ3v) is 4.47. The maximum absolute atomic E-state index is 6.04. The molecular weight excluding hydrogens is 296 g/mol. The molecule has 0 bridgehead atoms. The number of nitrogens with one attached hydrogen (secondary N) is 1. The maximum Gasteiger partial charge on any atom is 0.138 e. The van der Waals surface area contributed by atoms with Crippen LogP contribution in [0.15, 0.2) is 42.5 Å². The molecule has 0 amide bonds. The number of benzene rings is 2. The van der Waals surface area contributed by atoms with Gasteiger partial charge in [-0.05, 0) is 42.7 Å². The summed E-state index contributed by atoms with van der Waals surface area (Å²) in [6.07, 6.45) is 2.33. The Hall–Kier alpha value is -1.84. The number of hydrogen-bond acceptors (Lipinski definition) is 2. The molecule has 1 aliphatic rings. The number of ether oxygens (including phenoxy) is 1. The molecule has 1 atom stereocenters. The summed E-state index contributed by atoms with van der Waals surface area (Å²) in [5, 5.41) is 0.718. The highest BCUT2D eigenvalue weighted by Gasteiger charge is 2.17. The van der Waals surface area contributed by atoms with Gasteiger partial charge >= 0.3 is 0 Å².